The molecule has 0 saturated heterocycles. The second kappa shape index (κ2) is 9.41. The van der Waals surface area contributed by atoms with E-state index in [9.17, 15) is 9.18 Å². The monoisotopic (exact) mass is 476 g/mol. The van der Waals surface area contributed by atoms with E-state index in [2.05, 4.69) is 21.2 Å². The number of halogens is 1. The zero-order chi connectivity index (χ0) is 22.8. The van der Waals surface area contributed by atoms with Gasteiger partial charge in [0, 0.05) is 17.8 Å². The molecule has 0 atom stereocenters. The number of hydrogen-bond acceptors (Lipinski definition) is 6. The summed E-state index contributed by atoms with van der Waals surface area (Å²) in [5.41, 5.74) is 4.71. The number of hydrogen-bond donors (Lipinski definition) is 0. The minimum Gasteiger partial charge on any atom is -0.311 e. The zero-order valence-corrected chi connectivity index (χ0v) is 19.6. The van der Waals surface area contributed by atoms with Crippen molar-refractivity contribution in [1.29, 1.82) is 0 Å². The van der Waals surface area contributed by atoms with Gasteiger partial charge >= 0.3 is 0 Å². The Morgan fingerprint density at radius 3 is 2.70 bits per heavy atom. The summed E-state index contributed by atoms with van der Waals surface area (Å²) in [6, 6.07) is 18.2. The second-order valence-electron chi connectivity index (χ2n) is 7.76. The maximum atomic E-state index is 13.2. The number of thiazole rings is 1. The van der Waals surface area contributed by atoms with Crippen LogP contribution in [0.25, 0.3) is 21.1 Å². The summed E-state index contributed by atoms with van der Waals surface area (Å²) < 4.78 is 13.2. The highest BCUT2D eigenvalue weighted by Crippen LogP contribution is 2.34. The van der Waals surface area contributed by atoms with Crippen molar-refractivity contribution in [3.63, 3.8) is 0 Å². The summed E-state index contributed by atoms with van der Waals surface area (Å²) in [6.45, 7) is 2.68. The van der Waals surface area contributed by atoms with E-state index in [1.54, 1.807) is 12.1 Å². The van der Waals surface area contributed by atoms with E-state index in [0.717, 1.165) is 51.9 Å². The minimum atomic E-state index is -0.269. The van der Waals surface area contributed by atoms with Crippen molar-refractivity contribution in [1.82, 2.24) is 15.2 Å². The lowest BCUT2D eigenvalue weighted by Gasteiger charge is -2.29. The molecular weight excluding hydrogens is 455 g/mol. The smallest absolute Gasteiger partial charge is 0.237 e. The van der Waals surface area contributed by atoms with E-state index >= 15 is 0 Å². The number of carbonyl (C=O) groups is 1. The van der Waals surface area contributed by atoms with E-state index in [-0.39, 0.29) is 11.7 Å². The molecular formula is C25H21FN4OS2. The van der Waals surface area contributed by atoms with E-state index in [0.29, 0.717) is 10.8 Å². The summed E-state index contributed by atoms with van der Waals surface area (Å²) in [4.78, 5) is 20.3. The van der Waals surface area contributed by atoms with Crippen molar-refractivity contribution in [2.45, 2.75) is 24.8 Å². The molecule has 0 unspecified atom stereocenters. The van der Waals surface area contributed by atoms with Crippen LogP contribution in [0, 0.1) is 12.7 Å². The van der Waals surface area contributed by atoms with Gasteiger partial charge in [-0.15, -0.1) is 21.5 Å². The van der Waals surface area contributed by atoms with Crippen LogP contribution in [0.4, 0.5) is 10.1 Å². The summed E-state index contributed by atoms with van der Waals surface area (Å²) in [7, 11) is 0. The van der Waals surface area contributed by atoms with Gasteiger partial charge in [-0.2, -0.15) is 0 Å². The molecule has 0 saturated carbocycles. The van der Waals surface area contributed by atoms with Gasteiger partial charge in [0.15, 0.2) is 0 Å². The van der Waals surface area contributed by atoms with Crippen LogP contribution in [0.1, 0.15) is 17.7 Å². The Balaban J connectivity index is 1.26. The number of anilines is 1. The van der Waals surface area contributed by atoms with Gasteiger partial charge in [-0.3, -0.25) is 4.79 Å². The summed E-state index contributed by atoms with van der Waals surface area (Å²) in [5.74, 6) is 0.130. The third-order valence-electron chi connectivity index (χ3n) is 5.52. The van der Waals surface area contributed by atoms with Gasteiger partial charge in [-0.25, -0.2) is 9.37 Å². The molecule has 2 aromatic heterocycles. The van der Waals surface area contributed by atoms with E-state index in [1.807, 2.05) is 42.2 Å². The number of thioether (sulfide) groups is 1. The molecule has 0 fully saturated rings. The minimum absolute atomic E-state index is 0.0836. The van der Waals surface area contributed by atoms with Gasteiger partial charge in [0.25, 0.3) is 0 Å². The van der Waals surface area contributed by atoms with Gasteiger partial charge in [0.1, 0.15) is 21.5 Å². The number of aryl methyl sites for hydroxylation is 2. The van der Waals surface area contributed by atoms with E-state index in [1.165, 1.54) is 40.8 Å². The Morgan fingerprint density at radius 1 is 1.09 bits per heavy atom. The summed E-state index contributed by atoms with van der Waals surface area (Å²) in [5, 5.41) is 10.2. The van der Waals surface area contributed by atoms with Crippen LogP contribution in [0.3, 0.4) is 0 Å². The molecule has 0 bridgehead atoms. The number of para-hydroxylation sites is 1. The molecule has 33 heavy (non-hydrogen) atoms. The predicted molar refractivity (Wildman–Crippen MR) is 131 cm³/mol. The average molecular weight is 477 g/mol. The molecule has 0 N–H and O–H groups in total. The highest BCUT2D eigenvalue weighted by atomic mass is 32.2. The fourth-order valence-corrected chi connectivity index (χ4v) is 5.60. The number of carbonyl (C=O) groups excluding carboxylic acids is 1. The molecule has 1 aliphatic heterocycles. The van der Waals surface area contributed by atoms with Crippen LogP contribution in [0.15, 0.2) is 65.7 Å². The quantitative estimate of drug-likeness (QED) is 0.342. The van der Waals surface area contributed by atoms with Crippen LogP contribution in [-0.4, -0.2) is 33.4 Å². The number of nitrogens with zero attached hydrogens (tertiary/aromatic N) is 4. The average Bonchev–Trinajstić information content (AvgIpc) is 3.24. The molecule has 3 heterocycles. The molecule has 8 heteroatoms. The zero-order valence-electron chi connectivity index (χ0n) is 18.0. The van der Waals surface area contributed by atoms with Gasteiger partial charge in [-0.05, 0) is 67.8 Å². The molecule has 2 aromatic carbocycles. The number of rotatable bonds is 5. The topological polar surface area (TPSA) is 59.0 Å². The Labute approximate surface area is 199 Å². The Bertz CT molecular complexity index is 1290. The number of benzene rings is 2. The standard InChI is InChI=1S/C25H21FN4OS2/c1-16-24(33-25(27-16)18-8-10-19(26)11-9-18)20-12-13-22(29-28-20)32-15-23(31)30-14-4-6-17-5-2-3-7-21(17)30/h2-3,5,7-13H,4,6,14-15H2,1H3. The van der Waals surface area contributed by atoms with Crippen LogP contribution >= 0.6 is 23.1 Å². The van der Waals surface area contributed by atoms with Crippen molar-refractivity contribution in [2.75, 3.05) is 17.2 Å². The maximum Gasteiger partial charge on any atom is 0.237 e. The lowest BCUT2D eigenvalue weighted by Crippen LogP contribution is -2.36. The molecule has 4 aromatic rings. The second-order valence-corrected chi connectivity index (χ2v) is 9.76. The molecule has 0 spiro atoms. The predicted octanol–water partition coefficient (Wildman–Crippen LogP) is 5.79. The molecule has 1 aliphatic rings. The van der Waals surface area contributed by atoms with Crippen LogP contribution in [0.2, 0.25) is 0 Å². The van der Waals surface area contributed by atoms with Gasteiger partial charge < -0.3 is 4.90 Å². The number of fused-ring (bicyclic) bond motifs is 1. The first-order valence-electron chi connectivity index (χ1n) is 10.7. The highest BCUT2D eigenvalue weighted by Gasteiger charge is 2.22. The fourth-order valence-electron chi connectivity index (χ4n) is 3.87. The molecule has 5 nitrogen and oxygen atoms in total. The van der Waals surface area contributed by atoms with Crippen molar-refractivity contribution in [3.8, 4) is 21.1 Å². The first-order chi connectivity index (χ1) is 16.1. The Hall–Kier alpha value is -3.10. The lowest BCUT2D eigenvalue weighted by molar-refractivity contribution is -0.116. The van der Waals surface area contributed by atoms with Crippen LogP contribution in [-0.2, 0) is 11.2 Å². The molecule has 0 aliphatic carbocycles. The first kappa shape index (κ1) is 21.7. The largest absolute Gasteiger partial charge is 0.311 e. The van der Waals surface area contributed by atoms with Gasteiger partial charge in [0.2, 0.25) is 5.91 Å². The molecule has 0 radical (unpaired) electrons. The molecule has 1 amide bonds. The van der Waals surface area contributed by atoms with Crippen molar-refractivity contribution in [2.24, 2.45) is 0 Å². The Kier molecular flexibility index (Phi) is 6.20. The SMILES string of the molecule is Cc1nc(-c2ccc(F)cc2)sc1-c1ccc(SCC(=O)N2CCCc3ccccc32)nn1. The van der Waals surface area contributed by atoms with Crippen molar-refractivity contribution in [3.05, 3.63) is 77.7 Å². The van der Waals surface area contributed by atoms with Crippen LogP contribution in [0.5, 0.6) is 0 Å². The van der Waals surface area contributed by atoms with E-state index in [4.69, 9.17) is 0 Å². The van der Waals surface area contributed by atoms with Gasteiger partial charge in [-0.1, -0.05) is 30.0 Å². The normalized spacial score (nSPS) is 13.1. The number of aromatic nitrogens is 3. The summed E-state index contributed by atoms with van der Waals surface area (Å²) in [6.07, 6.45) is 2.00. The lowest BCUT2D eigenvalue weighted by atomic mass is 10.0. The molecule has 166 valence electrons. The molecule has 5 rings (SSSR count). The van der Waals surface area contributed by atoms with Crippen molar-refractivity contribution < 1.29 is 9.18 Å². The first-order valence-corrected chi connectivity index (χ1v) is 12.5. The maximum absolute atomic E-state index is 13.2. The van der Waals surface area contributed by atoms with Crippen LogP contribution < -0.4 is 4.90 Å². The Morgan fingerprint density at radius 2 is 1.91 bits per heavy atom. The fraction of sp³-hybridized carbons (Fsp3) is 0.200. The third-order valence-corrected chi connectivity index (χ3v) is 7.65. The van der Waals surface area contributed by atoms with Crippen molar-refractivity contribution >= 4 is 34.7 Å². The third kappa shape index (κ3) is 4.67. The number of amides is 1. The highest BCUT2D eigenvalue weighted by molar-refractivity contribution is 7.99. The summed E-state index contributed by atoms with van der Waals surface area (Å²) >= 11 is 2.90. The van der Waals surface area contributed by atoms with Gasteiger partial charge in [0.05, 0.1) is 16.3 Å². The van der Waals surface area contributed by atoms with E-state index < -0.39 is 0 Å².